The molecule has 4 rings (SSSR count). The molecule has 2 aliphatic rings. The van der Waals surface area contributed by atoms with E-state index in [1.807, 2.05) is 0 Å². The molecule has 2 aliphatic heterocycles. The minimum absolute atomic E-state index is 0.0926. The molecule has 0 aliphatic carbocycles. The molecule has 3 heterocycles. The van der Waals surface area contributed by atoms with Crippen LogP contribution in [0.1, 0.15) is 48.1 Å². The second-order valence-electron chi connectivity index (χ2n) is 9.52. The van der Waals surface area contributed by atoms with Crippen LogP contribution in [0.15, 0.2) is 40.1 Å². The zero-order valence-corrected chi connectivity index (χ0v) is 19.7. The lowest BCUT2D eigenvalue weighted by Gasteiger charge is -2.51. The van der Waals surface area contributed by atoms with Crippen LogP contribution in [0.3, 0.4) is 0 Å². The Morgan fingerprint density at radius 1 is 1.26 bits per heavy atom. The van der Waals surface area contributed by atoms with Gasteiger partial charge in [-0.05, 0) is 44.9 Å². The zero-order chi connectivity index (χ0) is 25.4. The summed E-state index contributed by atoms with van der Waals surface area (Å²) in [5.41, 5.74) is -2.20. The van der Waals surface area contributed by atoms with Crippen molar-refractivity contribution in [2.45, 2.75) is 50.4 Å². The molecule has 0 saturated carbocycles. The average molecular weight is 488 g/mol. The minimum Gasteiger partial charge on any atom is -0.482 e. The molecule has 11 heteroatoms. The normalized spacial score (nSPS) is 23.7. The van der Waals surface area contributed by atoms with Gasteiger partial charge < -0.3 is 24.6 Å². The van der Waals surface area contributed by atoms with E-state index < -0.39 is 41.1 Å². The molecule has 1 aromatic carbocycles. The molecule has 188 valence electrons. The molecule has 11 nitrogen and oxygen atoms in total. The lowest BCUT2D eigenvalue weighted by molar-refractivity contribution is -0.195. The third kappa shape index (κ3) is 5.15. The van der Waals surface area contributed by atoms with E-state index in [-0.39, 0.29) is 18.9 Å². The van der Waals surface area contributed by atoms with E-state index in [4.69, 9.17) is 14.6 Å². The maximum atomic E-state index is 13.0. The Kier molecular flexibility index (Phi) is 6.56. The number of aliphatic hydroxyl groups is 1. The first-order valence-electron chi connectivity index (χ1n) is 11.4. The Labute approximate surface area is 200 Å². The first kappa shape index (κ1) is 24.7. The maximum Gasteiger partial charge on any atom is 0.341 e. The number of piperidine rings is 1. The number of carboxylic acid groups (broad SMARTS) is 1. The Bertz CT molecular complexity index is 1240. The quantitative estimate of drug-likeness (QED) is 0.557. The number of nitrogens with one attached hydrogen (secondary N) is 1. The maximum absolute atomic E-state index is 13.0. The van der Waals surface area contributed by atoms with Gasteiger partial charge in [-0.25, -0.2) is 9.59 Å². The summed E-state index contributed by atoms with van der Waals surface area (Å²) < 4.78 is 12.7. The number of amides is 1. The monoisotopic (exact) mass is 487 g/mol. The van der Waals surface area contributed by atoms with Gasteiger partial charge in [-0.2, -0.15) is 0 Å². The zero-order valence-electron chi connectivity index (χ0n) is 19.7. The van der Waals surface area contributed by atoms with Gasteiger partial charge in [0.1, 0.15) is 5.75 Å². The fourth-order valence-corrected chi connectivity index (χ4v) is 4.94. The molecule has 1 amide bonds. The number of likely N-dealkylation sites (tertiary alicyclic amines) is 1. The van der Waals surface area contributed by atoms with E-state index in [1.54, 1.807) is 36.9 Å². The predicted molar refractivity (Wildman–Crippen MR) is 124 cm³/mol. The van der Waals surface area contributed by atoms with Gasteiger partial charge in [0.05, 0.1) is 23.9 Å². The number of hydrogen-bond donors (Lipinski definition) is 3. The van der Waals surface area contributed by atoms with Crippen molar-refractivity contribution in [2.24, 2.45) is 0 Å². The molecule has 2 saturated heterocycles. The van der Waals surface area contributed by atoms with Gasteiger partial charge in [-0.1, -0.05) is 6.07 Å². The fraction of sp³-hybridized carbons (Fsp3) is 0.500. The number of rotatable bonds is 5. The lowest BCUT2D eigenvalue weighted by Crippen LogP contribution is -2.59. The molecule has 2 atom stereocenters. The average Bonchev–Trinajstić information content (AvgIpc) is 2.80. The Hall–Kier alpha value is -3.44. The number of aliphatic carboxylic acids is 1. The summed E-state index contributed by atoms with van der Waals surface area (Å²) in [6, 6.07) is 5.74. The van der Waals surface area contributed by atoms with Crippen LogP contribution in [-0.4, -0.2) is 74.0 Å². The van der Waals surface area contributed by atoms with Crippen molar-refractivity contribution in [1.29, 1.82) is 0 Å². The number of H-pyrrole nitrogens is 1. The van der Waals surface area contributed by atoms with Crippen molar-refractivity contribution in [2.75, 3.05) is 26.3 Å². The van der Waals surface area contributed by atoms with Gasteiger partial charge in [0.25, 0.3) is 11.5 Å². The summed E-state index contributed by atoms with van der Waals surface area (Å²) in [7, 11) is 0. The highest BCUT2D eigenvalue weighted by Gasteiger charge is 2.50. The highest BCUT2D eigenvalue weighted by atomic mass is 16.5. The van der Waals surface area contributed by atoms with Crippen LogP contribution < -0.4 is 16.0 Å². The molecule has 1 aromatic heterocycles. The summed E-state index contributed by atoms with van der Waals surface area (Å²) in [5, 5.41) is 20.1. The van der Waals surface area contributed by atoms with Gasteiger partial charge in [-0.15, -0.1) is 0 Å². The number of aryl methyl sites for hydroxylation is 1. The number of aromatic nitrogens is 2. The number of carboxylic acids is 1. The number of carbonyl (C=O) groups excluding carboxylic acids is 1. The van der Waals surface area contributed by atoms with Crippen molar-refractivity contribution in [3.8, 4) is 5.75 Å². The number of carbonyl (C=O) groups is 2. The third-order valence-electron chi connectivity index (χ3n) is 6.83. The molecule has 2 aromatic rings. The van der Waals surface area contributed by atoms with Crippen molar-refractivity contribution >= 4 is 11.9 Å². The van der Waals surface area contributed by atoms with E-state index in [0.29, 0.717) is 42.8 Å². The second-order valence-corrected chi connectivity index (χ2v) is 9.52. The highest BCUT2D eigenvalue weighted by Crippen LogP contribution is 2.43. The van der Waals surface area contributed by atoms with Crippen molar-refractivity contribution in [3.05, 3.63) is 62.4 Å². The van der Waals surface area contributed by atoms with Gasteiger partial charge in [-0.3, -0.25) is 19.1 Å². The lowest BCUT2D eigenvalue weighted by atomic mass is 9.75. The first-order chi connectivity index (χ1) is 16.5. The Morgan fingerprint density at radius 3 is 2.63 bits per heavy atom. The molecular formula is C24H29N3O8. The molecule has 3 N–H and O–H groups in total. The van der Waals surface area contributed by atoms with Crippen LogP contribution in [-0.2, 0) is 9.53 Å². The van der Waals surface area contributed by atoms with Crippen LogP contribution in [0.5, 0.6) is 5.75 Å². The number of ether oxygens (including phenoxy) is 2. The van der Waals surface area contributed by atoms with E-state index in [9.17, 15) is 24.3 Å². The van der Waals surface area contributed by atoms with Crippen LogP contribution in [0.25, 0.3) is 0 Å². The number of nitrogens with zero attached hydrogens (tertiary/aromatic N) is 2. The van der Waals surface area contributed by atoms with Gasteiger partial charge in [0.15, 0.2) is 6.61 Å². The third-order valence-corrected chi connectivity index (χ3v) is 6.83. The SMILES string of the molecule is Cc1cn([C@H]2COC3(CCN(C(=O)c4cccc(OCC(=O)O)c4)CC3)C[C@]2(C)O)c(=O)[nH]c1=O. The Balaban J connectivity index is 1.42. The molecule has 2 fully saturated rings. The van der Waals surface area contributed by atoms with Crippen LogP contribution in [0, 0.1) is 6.92 Å². The molecule has 35 heavy (non-hydrogen) atoms. The summed E-state index contributed by atoms with van der Waals surface area (Å²) in [5.74, 6) is -0.997. The molecular weight excluding hydrogens is 458 g/mol. The highest BCUT2D eigenvalue weighted by molar-refractivity contribution is 5.94. The van der Waals surface area contributed by atoms with Gasteiger partial charge >= 0.3 is 11.7 Å². The molecule has 0 bridgehead atoms. The number of hydrogen-bond acceptors (Lipinski definition) is 7. The van der Waals surface area contributed by atoms with E-state index in [1.165, 1.54) is 16.8 Å². The van der Waals surface area contributed by atoms with Crippen LogP contribution in [0.4, 0.5) is 0 Å². The van der Waals surface area contributed by atoms with Crippen molar-refractivity contribution in [3.63, 3.8) is 0 Å². The standard InChI is InChI=1S/C24H29N3O8/c1-15-11-27(22(32)25-20(15)30)18-12-35-24(14-23(18,2)33)6-8-26(9-7-24)21(31)16-4-3-5-17(10-16)34-13-19(28)29/h3-5,10-11,18,33H,6-9,12-14H2,1-2H3,(H,28,29)(H,25,30,32)/t18-,23-/m0/s1. The molecule has 0 radical (unpaired) electrons. The van der Waals surface area contributed by atoms with E-state index in [2.05, 4.69) is 4.98 Å². The second kappa shape index (κ2) is 9.31. The van der Waals surface area contributed by atoms with E-state index in [0.717, 1.165) is 0 Å². The number of benzene rings is 1. The van der Waals surface area contributed by atoms with E-state index >= 15 is 0 Å². The fourth-order valence-electron chi connectivity index (χ4n) is 4.94. The van der Waals surface area contributed by atoms with Crippen LogP contribution in [0.2, 0.25) is 0 Å². The van der Waals surface area contributed by atoms with Crippen LogP contribution >= 0.6 is 0 Å². The largest absolute Gasteiger partial charge is 0.482 e. The first-order valence-corrected chi connectivity index (χ1v) is 11.4. The minimum atomic E-state index is -1.27. The summed E-state index contributed by atoms with van der Waals surface area (Å²) >= 11 is 0. The van der Waals surface area contributed by atoms with Crippen molar-refractivity contribution in [1.82, 2.24) is 14.5 Å². The topological polar surface area (TPSA) is 151 Å². The predicted octanol–water partition coefficient (Wildman–Crippen LogP) is 0.696. The summed E-state index contributed by atoms with van der Waals surface area (Å²) in [6.07, 6.45) is 2.74. The van der Waals surface area contributed by atoms with Crippen molar-refractivity contribution < 1.29 is 29.3 Å². The summed E-state index contributed by atoms with van der Waals surface area (Å²) in [6.45, 7) is 3.68. The summed E-state index contributed by atoms with van der Waals surface area (Å²) in [4.78, 5) is 51.8. The van der Waals surface area contributed by atoms with Gasteiger partial charge in [0, 0.05) is 36.8 Å². The van der Waals surface area contributed by atoms with Gasteiger partial charge in [0.2, 0.25) is 0 Å². The molecule has 1 spiro atoms. The molecule has 0 unspecified atom stereocenters. The Morgan fingerprint density at radius 2 is 1.97 bits per heavy atom. The smallest absolute Gasteiger partial charge is 0.341 e. The number of aromatic amines is 1.